The van der Waals surface area contributed by atoms with Gasteiger partial charge in [0.1, 0.15) is 11.3 Å². The van der Waals surface area contributed by atoms with Crippen molar-refractivity contribution in [1.29, 1.82) is 0 Å². The second-order valence-corrected chi connectivity index (χ2v) is 6.74. The summed E-state index contributed by atoms with van der Waals surface area (Å²) in [6.45, 7) is 6.86. The molecule has 1 saturated heterocycles. The molecule has 24 heavy (non-hydrogen) atoms. The predicted octanol–water partition coefficient (Wildman–Crippen LogP) is 3.28. The maximum absolute atomic E-state index is 12.1. The molecule has 0 N–H and O–H groups in total. The van der Waals surface area contributed by atoms with Crippen molar-refractivity contribution < 1.29 is 19.1 Å². The van der Waals surface area contributed by atoms with Crippen molar-refractivity contribution in [2.75, 3.05) is 20.2 Å². The number of hydrogen-bond donors (Lipinski definition) is 0. The monoisotopic (exact) mass is 332 g/mol. The molecule has 0 atom stereocenters. The summed E-state index contributed by atoms with van der Waals surface area (Å²) < 4.78 is 10.1. The summed E-state index contributed by atoms with van der Waals surface area (Å²) in [5.41, 5.74) is 1.95. The lowest BCUT2D eigenvalue weighted by atomic mass is 10.0. The molecule has 1 aliphatic heterocycles. The highest BCUT2D eigenvalue weighted by atomic mass is 16.6. The Bertz CT molecular complexity index is 637. The third-order valence-corrected chi connectivity index (χ3v) is 3.61. The Kier molecular flexibility index (Phi) is 5.59. The molecule has 1 aromatic rings. The van der Waals surface area contributed by atoms with E-state index in [1.54, 1.807) is 17.2 Å². The summed E-state index contributed by atoms with van der Waals surface area (Å²) in [5.74, 6) is -0.449. The standard InChI is InChI=1S/C18H24N2O4/c1-18(2,3)24-17(22)20-9-6-13(7-10-20)11-14-5-8-19-15(12-14)16(21)23-4/h5,8,11-12H,6-7,9-10H2,1-4H3. The van der Waals surface area contributed by atoms with Gasteiger partial charge >= 0.3 is 12.1 Å². The van der Waals surface area contributed by atoms with Crippen molar-refractivity contribution in [3.05, 3.63) is 35.2 Å². The van der Waals surface area contributed by atoms with Crippen molar-refractivity contribution in [3.8, 4) is 0 Å². The number of likely N-dealkylation sites (tertiary alicyclic amines) is 1. The fourth-order valence-corrected chi connectivity index (χ4v) is 2.44. The minimum Gasteiger partial charge on any atom is -0.464 e. The van der Waals surface area contributed by atoms with Crippen LogP contribution in [0.25, 0.3) is 6.08 Å². The van der Waals surface area contributed by atoms with Crippen molar-refractivity contribution in [2.45, 2.75) is 39.2 Å². The molecule has 0 unspecified atom stereocenters. The zero-order chi connectivity index (χ0) is 17.7. The van der Waals surface area contributed by atoms with E-state index in [-0.39, 0.29) is 11.8 Å². The Hall–Kier alpha value is -2.37. The van der Waals surface area contributed by atoms with Crippen molar-refractivity contribution in [1.82, 2.24) is 9.88 Å². The fraction of sp³-hybridized carbons (Fsp3) is 0.500. The number of esters is 1. The molecule has 0 bridgehead atoms. The van der Waals surface area contributed by atoms with Gasteiger partial charge in [-0.2, -0.15) is 0 Å². The van der Waals surface area contributed by atoms with E-state index in [1.165, 1.54) is 12.7 Å². The highest BCUT2D eigenvalue weighted by Gasteiger charge is 2.24. The van der Waals surface area contributed by atoms with Crippen LogP contribution in [0.2, 0.25) is 0 Å². The van der Waals surface area contributed by atoms with Crippen LogP contribution in [0.15, 0.2) is 23.9 Å². The van der Waals surface area contributed by atoms with Crippen LogP contribution in [0.4, 0.5) is 4.79 Å². The van der Waals surface area contributed by atoms with Crippen molar-refractivity contribution in [2.24, 2.45) is 0 Å². The number of carbonyl (C=O) groups is 2. The van der Waals surface area contributed by atoms with Crippen molar-refractivity contribution in [3.63, 3.8) is 0 Å². The number of nitrogens with zero attached hydrogens (tertiary/aromatic N) is 2. The number of aromatic nitrogens is 1. The van der Waals surface area contributed by atoms with E-state index in [4.69, 9.17) is 4.74 Å². The number of piperidine rings is 1. The van der Waals surface area contributed by atoms with Gasteiger partial charge in [0, 0.05) is 19.3 Å². The Morgan fingerprint density at radius 1 is 1.25 bits per heavy atom. The summed E-state index contributed by atoms with van der Waals surface area (Å²) in [4.78, 5) is 29.3. The first kappa shape index (κ1) is 18.0. The van der Waals surface area contributed by atoms with Gasteiger partial charge in [0.2, 0.25) is 0 Å². The molecule has 1 amide bonds. The number of pyridine rings is 1. The van der Waals surface area contributed by atoms with Gasteiger partial charge in [0.25, 0.3) is 0 Å². The van der Waals surface area contributed by atoms with Gasteiger partial charge in [-0.1, -0.05) is 11.6 Å². The Morgan fingerprint density at radius 3 is 2.50 bits per heavy atom. The molecule has 1 aromatic heterocycles. The first-order chi connectivity index (χ1) is 11.3. The SMILES string of the molecule is COC(=O)c1cc(C=C2CCN(C(=O)OC(C)(C)C)CC2)ccn1. The van der Waals surface area contributed by atoms with Crippen LogP contribution in [0.3, 0.4) is 0 Å². The van der Waals surface area contributed by atoms with E-state index in [0.717, 1.165) is 18.4 Å². The quantitative estimate of drug-likeness (QED) is 0.777. The molecule has 6 heteroatoms. The smallest absolute Gasteiger partial charge is 0.410 e. The van der Waals surface area contributed by atoms with Gasteiger partial charge in [-0.05, 0) is 51.3 Å². The van der Waals surface area contributed by atoms with Crippen LogP contribution < -0.4 is 0 Å². The van der Waals surface area contributed by atoms with Crippen LogP contribution in [-0.4, -0.2) is 47.7 Å². The zero-order valence-electron chi connectivity index (χ0n) is 14.7. The van der Waals surface area contributed by atoms with Crippen LogP contribution >= 0.6 is 0 Å². The summed E-state index contributed by atoms with van der Waals surface area (Å²) in [7, 11) is 1.33. The summed E-state index contributed by atoms with van der Waals surface area (Å²) >= 11 is 0. The van der Waals surface area contributed by atoms with E-state index < -0.39 is 11.6 Å². The van der Waals surface area contributed by atoms with Gasteiger partial charge in [0.15, 0.2) is 0 Å². The van der Waals surface area contributed by atoms with E-state index in [0.29, 0.717) is 13.1 Å². The molecule has 0 aromatic carbocycles. The normalized spacial score (nSPS) is 15.0. The first-order valence-corrected chi connectivity index (χ1v) is 8.00. The fourth-order valence-electron chi connectivity index (χ4n) is 2.44. The Balaban J connectivity index is 1.98. The Labute approximate surface area is 142 Å². The molecule has 130 valence electrons. The molecular weight excluding hydrogens is 308 g/mol. The second-order valence-electron chi connectivity index (χ2n) is 6.74. The largest absolute Gasteiger partial charge is 0.464 e. The third kappa shape index (κ3) is 5.08. The lowest BCUT2D eigenvalue weighted by Gasteiger charge is -2.31. The summed E-state index contributed by atoms with van der Waals surface area (Å²) in [6, 6.07) is 3.55. The van der Waals surface area contributed by atoms with Gasteiger partial charge in [-0.3, -0.25) is 0 Å². The van der Waals surface area contributed by atoms with E-state index in [2.05, 4.69) is 9.72 Å². The van der Waals surface area contributed by atoms with E-state index >= 15 is 0 Å². The molecule has 1 aliphatic rings. The number of ether oxygens (including phenoxy) is 2. The Morgan fingerprint density at radius 2 is 1.92 bits per heavy atom. The predicted molar refractivity (Wildman–Crippen MR) is 90.6 cm³/mol. The molecule has 6 nitrogen and oxygen atoms in total. The molecule has 0 radical (unpaired) electrons. The third-order valence-electron chi connectivity index (χ3n) is 3.61. The molecule has 0 saturated carbocycles. The maximum Gasteiger partial charge on any atom is 0.410 e. The molecular formula is C18H24N2O4. The van der Waals surface area contributed by atoms with E-state index in [9.17, 15) is 9.59 Å². The average molecular weight is 332 g/mol. The maximum atomic E-state index is 12.1. The van der Waals surface area contributed by atoms with Crippen LogP contribution in [0.1, 0.15) is 49.7 Å². The van der Waals surface area contributed by atoms with Crippen LogP contribution in [0, 0.1) is 0 Å². The molecule has 0 aliphatic carbocycles. The van der Waals surface area contributed by atoms with Crippen molar-refractivity contribution >= 4 is 18.1 Å². The number of amides is 1. The second kappa shape index (κ2) is 7.47. The first-order valence-electron chi connectivity index (χ1n) is 8.00. The highest BCUT2D eigenvalue weighted by Crippen LogP contribution is 2.21. The average Bonchev–Trinajstić information content (AvgIpc) is 2.53. The topological polar surface area (TPSA) is 68.7 Å². The summed E-state index contributed by atoms with van der Waals surface area (Å²) in [5, 5.41) is 0. The van der Waals surface area contributed by atoms with Gasteiger partial charge in [-0.15, -0.1) is 0 Å². The number of hydrogen-bond acceptors (Lipinski definition) is 5. The lowest BCUT2D eigenvalue weighted by molar-refractivity contribution is 0.0236. The lowest BCUT2D eigenvalue weighted by Crippen LogP contribution is -2.40. The minimum absolute atomic E-state index is 0.265. The van der Waals surface area contributed by atoms with Crippen LogP contribution in [0.5, 0.6) is 0 Å². The molecule has 1 fully saturated rings. The number of methoxy groups -OCH3 is 1. The van der Waals surface area contributed by atoms with E-state index in [1.807, 2.05) is 32.9 Å². The zero-order valence-corrected chi connectivity index (χ0v) is 14.7. The van der Waals surface area contributed by atoms with Crippen LogP contribution in [-0.2, 0) is 9.47 Å². The molecule has 0 spiro atoms. The number of carbonyl (C=O) groups excluding carboxylic acids is 2. The molecule has 2 heterocycles. The van der Waals surface area contributed by atoms with Gasteiger partial charge in [0.05, 0.1) is 7.11 Å². The molecule has 2 rings (SSSR count). The minimum atomic E-state index is -0.478. The summed E-state index contributed by atoms with van der Waals surface area (Å²) in [6.07, 6.45) is 4.94. The van der Waals surface area contributed by atoms with Gasteiger partial charge < -0.3 is 14.4 Å². The highest BCUT2D eigenvalue weighted by molar-refractivity contribution is 5.87. The van der Waals surface area contributed by atoms with Gasteiger partial charge in [-0.25, -0.2) is 14.6 Å². The number of rotatable bonds is 2.